The van der Waals surface area contributed by atoms with Crippen molar-refractivity contribution in [3.8, 4) is 11.1 Å². The molecule has 1 aliphatic rings. The van der Waals surface area contributed by atoms with Gasteiger partial charge >= 0.3 is 0 Å². The van der Waals surface area contributed by atoms with E-state index in [2.05, 4.69) is 0 Å². The Bertz CT molecular complexity index is 1580. The first kappa shape index (κ1) is 30.5. The maximum Gasteiger partial charge on any atom is 0.271 e. The molecule has 0 fully saturated rings. The highest BCUT2D eigenvalue weighted by atomic mass is 16.5. The molecule has 1 N–H and O–H groups in total. The summed E-state index contributed by atoms with van der Waals surface area (Å²) in [6.07, 6.45) is -1.13. The lowest BCUT2D eigenvalue weighted by atomic mass is 9.96. The predicted octanol–water partition coefficient (Wildman–Crippen LogP) is 5.05. The van der Waals surface area contributed by atoms with E-state index in [-0.39, 0.29) is 24.3 Å². The van der Waals surface area contributed by atoms with Crippen LogP contribution in [0.15, 0.2) is 78.9 Å². The van der Waals surface area contributed by atoms with Crippen LogP contribution in [0.5, 0.6) is 0 Å². The molecule has 4 atom stereocenters. The molecule has 8 nitrogen and oxygen atoms in total. The van der Waals surface area contributed by atoms with E-state index in [1.165, 1.54) is 7.11 Å². The van der Waals surface area contributed by atoms with E-state index < -0.39 is 18.2 Å². The second-order valence-corrected chi connectivity index (χ2v) is 11.5. The SMILES string of the molecule is CO[C@@H](C(=O)N(C)C[C@H]1OCc2ccccc2-c2c(n(C)c3ccccc23)C(=O)N([C@@H](C)CO)C[C@@H]1C)c1ccccc1. The first-order chi connectivity index (χ1) is 20.8. The van der Waals surface area contributed by atoms with Gasteiger partial charge in [0.05, 0.1) is 25.4 Å². The van der Waals surface area contributed by atoms with Crippen LogP contribution >= 0.6 is 0 Å². The molecule has 0 unspecified atom stereocenters. The molecular weight excluding hydrogens is 542 g/mol. The van der Waals surface area contributed by atoms with Crippen molar-refractivity contribution in [2.45, 2.75) is 38.7 Å². The quantitative estimate of drug-likeness (QED) is 0.329. The number of hydrogen-bond donors (Lipinski definition) is 1. The van der Waals surface area contributed by atoms with Crippen LogP contribution in [0.4, 0.5) is 0 Å². The zero-order valence-electron chi connectivity index (χ0n) is 25.6. The first-order valence-electron chi connectivity index (χ1n) is 14.8. The molecule has 226 valence electrons. The zero-order chi connectivity index (χ0) is 30.7. The van der Waals surface area contributed by atoms with Crippen LogP contribution in [-0.2, 0) is 27.9 Å². The largest absolute Gasteiger partial charge is 0.394 e. The molecule has 0 aliphatic carbocycles. The Morgan fingerprint density at radius 2 is 1.74 bits per heavy atom. The van der Waals surface area contributed by atoms with Gasteiger partial charge in [-0.3, -0.25) is 9.59 Å². The van der Waals surface area contributed by atoms with Crippen LogP contribution < -0.4 is 0 Å². The third-order valence-corrected chi connectivity index (χ3v) is 8.62. The number of likely N-dealkylation sites (N-methyl/N-ethyl adjacent to an activating group) is 1. The van der Waals surface area contributed by atoms with Gasteiger partial charge in [-0.25, -0.2) is 0 Å². The smallest absolute Gasteiger partial charge is 0.271 e. The zero-order valence-corrected chi connectivity index (χ0v) is 25.6. The number of amides is 2. The number of rotatable bonds is 7. The van der Waals surface area contributed by atoms with Crippen LogP contribution in [0, 0.1) is 5.92 Å². The highest BCUT2D eigenvalue weighted by Crippen LogP contribution is 2.38. The Hall–Kier alpha value is -3.98. The van der Waals surface area contributed by atoms with Crippen molar-refractivity contribution in [3.05, 3.63) is 95.7 Å². The molecule has 3 aromatic carbocycles. The molecule has 1 aromatic heterocycles. The Morgan fingerprint density at radius 1 is 1.07 bits per heavy atom. The molecule has 0 saturated heterocycles. The van der Waals surface area contributed by atoms with Crippen molar-refractivity contribution in [1.29, 1.82) is 0 Å². The summed E-state index contributed by atoms with van der Waals surface area (Å²) in [5, 5.41) is 11.2. The van der Waals surface area contributed by atoms with E-state index in [4.69, 9.17) is 9.47 Å². The number of aromatic nitrogens is 1. The summed E-state index contributed by atoms with van der Waals surface area (Å²) in [7, 11) is 5.21. The molecule has 2 heterocycles. The van der Waals surface area contributed by atoms with Gasteiger partial charge in [0.2, 0.25) is 0 Å². The Balaban J connectivity index is 1.55. The fourth-order valence-electron chi connectivity index (χ4n) is 6.09. The summed E-state index contributed by atoms with van der Waals surface area (Å²) in [5.41, 5.74) is 5.08. The summed E-state index contributed by atoms with van der Waals surface area (Å²) in [5.74, 6) is -0.477. The highest BCUT2D eigenvalue weighted by Gasteiger charge is 2.34. The normalized spacial score (nSPS) is 18.8. The molecule has 1 aliphatic heterocycles. The number of carbonyl (C=O) groups is 2. The average Bonchev–Trinajstić information content (AvgIpc) is 3.32. The van der Waals surface area contributed by atoms with Crippen LogP contribution in [0.1, 0.15) is 41.6 Å². The number of para-hydroxylation sites is 1. The van der Waals surface area contributed by atoms with Gasteiger partial charge in [-0.05, 0) is 29.7 Å². The number of nitrogens with zero attached hydrogens (tertiary/aromatic N) is 3. The monoisotopic (exact) mass is 583 g/mol. The topological polar surface area (TPSA) is 84.2 Å². The third kappa shape index (κ3) is 5.95. The van der Waals surface area contributed by atoms with Gasteiger partial charge in [-0.1, -0.05) is 79.7 Å². The van der Waals surface area contributed by atoms with Crippen molar-refractivity contribution in [2.75, 3.05) is 33.9 Å². The van der Waals surface area contributed by atoms with Crippen molar-refractivity contribution in [3.63, 3.8) is 0 Å². The van der Waals surface area contributed by atoms with Crippen LogP contribution in [0.3, 0.4) is 0 Å². The fourth-order valence-corrected chi connectivity index (χ4v) is 6.09. The van der Waals surface area contributed by atoms with E-state index in [0.29, 0.717) is 25.4 Å². The number of fused-ring (bicyclic) bond motifs is 5. The minimum Gasteiger partial charge on any atom is -0.394 e. The van der Waals surface area contributed by atoms with Gasteiger partial charge < -0.3 is 28.9 Å². The maximum absolute atomic E-state index is 14.5. The maximum atomic E-state index is 14.5. The van der Waals surface area contributed by atoms with Gasteiger partial charge in [-0.2, -0.15) is 0 Å². The van der Waals surface area contributed by atoms with Crippen LogP contribution in [-0.4, -0.2) is 77.3 Å². The number of ether oxygens (including phenoxy) is 2. The van der Waals surface area contributed by atoms with E-state index in [0.717, 1.165) is 33.2 Å². The van der Waals surface area contributed by atoms with E-state index >= 15 is 0 Å². The fraction of sp³-hybridized carbons (Fsp3) is 0.371. The minimum atomic E-state index is -0.736. The van der Waals surface area contributed by atoms with Crippen molar-refractivity contribution in [2.24, 2.45) is 13.0 Å². The number of aliphatic hydroxyl groups is 1. The van der Waals surface area contributed by atoms with Crippen LogP contribution in [0.25, 0.3) is 22.0 Å². The number of benzene rings is 3. The number of aliphatic hydroxyl groups excluding tert-OH is 1. The summed E-state index contributed by atoms with van der Waals surface area (Å²) < 4.78 is 14.2. The van der Waals surface area contributed by atoms with Crippen molar-refractivity contribution in [1.82, 2.24) is 14.4 Å². The van der Waals surface area contributed by atoms with Gasteiger partial charge in [0.15, 0.2) is 6.10 Å². The van der Waals surface area contributed by atoms with E-state index in [9.17, 15) is 14.7 Å². The number of methoxy groups -OCH3 is 1. The molecule has 0 bridgehead atoms. The lowest BCUT2D eigenvalue weighted by Crippen LogP contribution is -2.48. The molecule has 0 radical (unpaired) electrons. The van der Waals surface area contributed by atoms with E-state index in [1.807, 2.05) is 104 Å². The molecule has 2 amide bonds. The van der Waals surface area contributed by atoms with Gasteiger partial charge in [0.1, 0.15) is 5.69 Å². The summed E-state index contributed by atoms with van der Waals surface area (Å²) in [6.45, 7) is 4.67. The second kappa shape index (κ2) is 13.1. The molecule has 43 heavy (non-hydrogen) atoms. The van der Waals surface area contributed by atoms with Gasteiger partial charge in [0, 0.05) is 56.7 Å². The van der Waals surface area contributed by atoms with Crippen LogP contribution in [0.2, 0.25) is 0 Å². The molecule has 0 saturated carbocycles. The predicted molar refractivity (Wildman–Crippen MR) is 168 cm³/mol. The third-order valence-electron chi connectivity index (χ3n) is 8.62. The lowest BCUT2D eigenvalue weighted by molar-refractivity contribution is -0.143. The Labute approximate surface area is 253 Å². The minimum absolute atomic E-state index is 0.148. The standard InChI is InChI=1S/C35H41N3O5/c1-23-19-38(24(2)21-39)34(40)32-31(28-17-11-12-18-29(28)37(32)4)27-16-10-9-15-26(27)22-43-30(23)20-36(3)35(41)33(42-5)25-13-7-6-8-14-25/h6-18,23-24,30,33,39H,19-22H2,1-5H3/t23-,24-,30+,33+/m0/s1. The summed E-state index contributed by atoms with van der Waals surface area (Å²) >= 11 is 0. The Kier molecular flexibility index (Phi) is 9.30. The molecule has 4 aromatic rings. The van der Waals surface area contributed by atoms with Crippen molar-refractivity contribution >= 4 is 22.7 Å². The van der Waals surface area contributed by atoms with Gasteiger partial charge in [0.25, 0.3) is 11.8 Å². The summed E-state index contributed by atoms with van der Waals surface area (Å²) in [4.78, 5) is 31.5. The van der Waals surface area contributed by atoms with E-state index in [1.54, 1.807) is 16.8 Å². The Morgan fingerprint density at radius 3 is 2.47 bits per heavy atom. The van der Waals surface area contributed by atoms with Crippen molar-refractivity contribution < 1.29 is 24.2 Å². The number of aryl methyl sites for hydroxylation is 1. The first-order valence-corrected chi connectivity index (χ1v) is 14.8. The average molecular weight is 584 g/mol. The lowest BCUT2D eigenvalue weighted by Gasteiger charge is -2.35. The molecular formula is C35H41N3O5. The highest BCUT2D eigenvalue weighted by molar-refractivity contribution is 6.10. The second-order valence-electron chi connectivity index (χ2n) is 11.5. The van der Waals surface area contributed by atoms with Gasteiger partial charge in [-0.15, -0.1) is 0 Å². The molecule has 0 spiro atoms. The molecule has 5 rings (SSSR count). The number of carbonyl (C=O) groups excluding carboxylic acids is 2. The molecule has 8 heteroatoms. The number of hydrogen-bond acceptors (Lipinski definition) is 5. The summed E-state index contributed by atoms with van der Waals surface area (Å²) in [6, 6.07) is 25.1.